The second-order valence-electron chi connectivity index (χ2n) is 5.32. The molecule has 0 aliphatic carbocycles. The summed E-state index contributed by atoms with van der Waals surface area (Å²) in [6, 6.07) is 1.64. The number of rotatable bonds is 3. The Bertz CT molecular complexity index is 614. The van der Waals surface area contributed by atoms with Crippen LogP contribution in [0.4, 0.5) is 8.78 Å². The Morgan fingerprint density at radius 3 is 2.57 bits per heavy atom. The predicted molar refractivity (Wildman–Crippen MR) is 79.5 cm³/mol. The van der Waals surface area contributed by atoms with Gasteiger partial charge in [0.25, 0.3) is 0 Å². The van der Waals surface area contributed by atoms with Crippen LogP contribution in [0, 0.1) is 11.6 Å². The number of benzene rings is 1. The zero-order chi connectivity index (χ0) is 15.8. The van der Waals surface area contributed by atoms with E-state index in [1.807, 2.05) is 19.0 Å². The number of hydrogen-bond donors (Lipinski definition) is 0. The van der Waals surface area contributed by atoms with Gasteiger partial charge in [-0.15, -0.1) is 0 Å². The first kappa shape index (κ1) is 16.8. The van der Waals surface area contributed by atoms with Crippen molar-refractivity contribution in [3.8, 4) is 0 Å². The molecule has 2 rings (SSSR count). The zero-order valence-electron chi connectivity index (χ0n) is 11.8. The summed E-state index contributed by atoms with van der Waals surface area (Å²) < 4.78 is 53.5. The first-order valence-corrected chi connectivity index (χ1v) is 8.78. The fourth-order valence-electron chi connectivity index (χ4n) is 2.47. The lowest BCUT2D eigenvalue weighted by atomic mass is 10.1. The summed E-state index contributed by atoms with van der Waals surface area (Å²) in [4.78, 5) is 1.46. The minimum absolute atomic E-state index is 0.0908. The van der Waals surface area contributed by atoms with Gasteiger partial charge in [0.2, 0.25) is 10.0 Å². The van der Waals surface area contributed by atoms with Crippen molar-refractivity contribution >= 4 is 26.0 Å². The molecule has 1 fully saturated rings. The average molecular weight is 383 g/mol. The molecule has 0 N–H and O–H groups in total. The molecule has 1 aliphatic rings. The molecule has 1 aliphatic heterocycles. The van der Waals surface area contributed by atoms with Gasteiger partial charge in [-0.1, -0.05) is 0 Å². The largest absolute Gasteiger partial charge is 0.305 e. The van der Waals surface area contributed by atoms with Crippen LogP contribution in [0.3, 0.4) is 0 Å². The van der Waals surface area contributed by atoms with Gasteiger partial charge in [0.15, 0.2) is 0 Å². The molecular weight excluding hydrogens is 366 g/mol. The maximum atomic E-state index is 13.9. The zero-order valence-corrected chi connectivity index (χ0v) is 14.2. The van der Waals surface area contributed by atoms with Crippen LogP contribution in [0.25, 0.3) is 0 Å². The first-order chi connectivity index (χ1) is 9.73. The van der Waals surface area contributed by atoms with Crippen molar-refractivity contribution < 1.29 is 17.2 Å². The number of sulfonamides is 1. The first-order valence-electron chi connectivity index (χ1n) is 6.54. The van der Waals surface area contributed by atoms with Gasteiger partial charge in [-0.25, -0.2) is 17.2 Å². The Morgan fingerprint density at radius 2 is 2.00 bits per heavy atom. The van der Waals surface area contributed by atoms with Gasteiger partial charge in [0, 0.05) is 29.7 Å². The minimum Gasteiger partial charge on any atom is -0.305 e. The third kappa shape index (κ3) is 3.44. The summed E-state index contributed by atoms with van der Waals surface area (Å²) in [5.41, 5.74) is 0. The summed E-state index contributed by atoms with van der Waals surface area (Å²) in [5, 5.41) is 0. The van der Waals surface area contributed by atoms with Crippen molar-refractivity contribution in [3.63, 3.8) is 0 Å². The van der Waals surface area contributed by atoms with E-state index in [-0.39, 0.29) is 10.5 Å². The molecule has 0 bridgehead atoms. The van der Waals surface area contributed by atoms with E-state index >= 15 is 0 Å². The number of piperidine rings is 1. The van der Waals surface area contributed by atoms with Gasteiger partial charge < -0.3 is 4.90 Å². The fourth-order valence-corrected chi connectivity index (χ4v) is 5.09. The smallest absolute Gasteiger partial charge is 0.247 e. The van der Waals surface area contributed by atoms with Crippen LogP contribution >= 0.6 is 15.9 Å². The highest BCUT2D eigenvalue weighted by atomic mass is 79.9. The Morgan fingerprint density at radius 1 is 1.33 bits per heavy atom. The van der Waals surface area contributed by atoms with E-state index in [0.29, 0.717) is 25.6 Å². The van der Waals surface area contributed by atoms with E-state index in [0.717, 1.165) is 12.5 Å². The summed E-state index contributed by atoms with van der Waals surface area (Å²) in [7, 11) is -0.220. The SMILES string of the molecule is CN(C)C1CCCN(S(=O)(=O)c2c(F)cc(F)cc2Br)C1. The highest BCUT2D eigenvalue weighted by Crippen LogP contribution is 2.30. The van der Waals surface area contributed by atoms with Crippen LogP contribution in [-0.4, -0.2) is 50.8 Å². The Balaban J connectivity index is 2.39. The molecular formula is C13H17BrF2N2O2S. The molecule has 4 nitrogen and oxygen atoms in total. The van der Waals surface area contributed by atoms with Gasteiger partial charge in [0.05, 0.1) is 0 Å². The molecule has 1 saturated heterocycles. The van der Waals surface area contributed by atoms with Crippen molar-refractivity contribution in [1.82, 2.24) is 9.21 Å². The molecule has 0 aromatic heterocycles. The number of likely N-dealkylation sites (N-methyl/N-ethyl adjacent to an activating group) is 1. The molecule has 1 aromatic carbocycles. The molecule has 118 valence electrons. The quantitative estimate of drug-likeness (QED) is 0.805. The van der Waals surface area contributed by atoms with E-state index in [1.165, 1.54) is 4.31 Å². The van der Waals surface area contributed by atoms with Crippen molar-refractivity contribution in [2.24, 2.45) is 0 Å². The standard InChI is InChI=1S/C13H17BrF2N2O2S/c1-17(2)10-4-3-5-18(8-10)21(19,20)13-11(14)6-9(15)7-12(13)16/h6-7,10H,3-5,8H2,1-2H3. The van der Waals surface area contributed by atoms with Gasteiger partial charge in [-0.2, -0.15) is 4.31 Å². The van der Waals surface area contributed by atoms with Crippen LogP contribution in [0.15, 0.2) is 21.5 Å². The van der Waals surface area contributed by atoms with E-state index in [9.17, 15) is 17.2 Å². The topological polar surface area (TPSA) is 40.6 Å². The molecule has 21 heavy (non-hydrogen) atoms. The van der Waals surface area contributed by atoms with E-state index < -0.39 is 26.6 Å². The third-order valence-electron chi connectivity index (χ3n) is 3.65. The average Bonchev–Trinajstić information content (AvgIpc) is 2.37. The molecule has 1 aromatic rings. The molecule has 0 spiro atoms. The molecule has 1 atom stereocenters. The normalized spacial score (nSPS) is 21.0. The Kier molecular flexibility index (Phi) is 5.02. The molecule has 0 saturated carbocycles. The Labute approximate surface area is 131 Å². The highest BCUT2D eigenvalue weighted by molar-refractivity contribution is 9.10. The van der Waals surface area contributed by atoms with Gasteiger partial charge >= 0.3 is 0 Å². The van der Waals surface area contributed by atoms with Gasteiger partial charge in [-0.3, -0.25) is 0 Å². The lowest BCUT2D eigenvalue weighted by Gasteiger charge is -2.35. The van der Waals surface area contributed by atoms with Crippen molar-refractivity contribution in [2.45, 2.75) is 23.8 Å². The molecule has 0 amide bonds. The maximum absolute atomic E-state index is 13.9. The monoisotopic (exact) mass is 382 g/mol. The van der Waals surface area contributed by atoms with Crippen LogP contribution in [0.2, 0.25) is 0 Å². The summed E-state index contributed by atoms with van der Waals surface area (Å²) in [5.74, 6) is -1.89. The second-order valence-corrected chi connectivity index (χ2v) is 8.05. The molecule has 1 unspecified atom stereocenters. The number of halogens is 3. The second kappa shape index (κ2) is 6.28. The van der Waals surface area contributed by atoms with Crippen LogP contribution in [-0.2, 0) is 10.0 Å². The summed E-state index contributed by atoms with van der Waals surface area (Å²) in [6.45, 7) is 0.647. The van der Waals surface area contributed by atoms with Crippen molar-refractivity contribution in [2.75, 3.05) is 27.2 Å². The van der Waals surface area contributed by atoms with Gasteiger partial charge in [-0.05, 0) is 48.9 Å². The van der Waals surface area contributed by atoms with Crippen LogP contribution in [0.1, 0.15) is 12.8 Å². The minimum atomic E-state index is -3.99. The van der Waals surface area contributed by atoms with Crippen LogP contribution in [0.5, 0.6) is 0 Å². The van der Waals surface area contributed by atoms with E-state index in [1.54, 1.807) is 0 Å². The maximum Gasteiger partial charge on any atom is 0.247 e. The molecule has 1 heterocycles. The Hall–Kier alpha value is -0.570. The van der Waals surface area contributed by atoms with Crippen LogP contribution < -0.4 is 0 Å². The highest BCUT2D eigenvalue weighted by Gasteiger charge is 2.34. The van der Waals surface area contributed by atoms with Crippen molar-refractivity contribution in [1.29, 1.82) is 0 Å². The van der Waals surface area contributed by atoms with E-state index in [2.05, 4.69) is 15.9 Å². The summed E-state index contributed by atoms with van der Waals surface area (Å²) in [6.07, 6.45) is 1.61. The lowest BCUT2D eigenvalue weighted by molar-refractivity contribution is 0.190. The fraction of sp³-hybridized carbons (Fsp3) is 0.538. The molecule has 8 heteroatoms. The van der Waals surface area contributed by atoms with E-state index in [4.69, 9.17) is 0 Å². The van der Waals surface area contributed by atoms with Gasteiger partial charge in [0.1, 0.15) is 16.5 Å². The number of nitrogens with zero attached hydrogens (tertiary/aromatic N) is 2. The molecule has 0 radical (unpaired) electrons. The lowest BCUT2D eigenvalue weighted by Crippen LogP contribution is -2.47. The van der Waals surface area contributed by atoms with Crippen molar-refractivity contribution in [3.05, 3.63) is 28.2 Å². The predicted octanol–water partition coefficient (Wildman–Crippen LogP) is 2.44. The summed E-state index contributed by atoms with van der Waals surface area (Å²) >= 11 is 2.95. The number of hydrogen-bond acceptors (Lipinski definition) is 3. The third-order valence-corrected chi connectivity index (χ3v) is 6.48.